The molecule has 6 nitrogen and oxygen atoms in total. The molecular weight excluding hydrogens is 230 g/mol. The summed E-state index contributed by atoms with van der Waals surface area (Å²) in [7, 11) is -1.72. The normalized spacial score (nSPS) is 11.2. The fourth-order valence-corrected chi connectivity index (χ4v) is 3.11. The molecule has 0 rings (SSSR count). The first-order valence-corrected chi connectivity index (χ1v) is 7.37. The average Bonchev–Trinajstić information content (AvgIpc) is 2.25. The Labute approximate surface area is 97.3 Å². The number of alkyl carbamates (subject to hydrolysis) is 1. The maximum absolute atomic E-state index is 10.7. The molecule has 1 amide bonds. The number of carbonyl (C=O) groups is 1. The zero-order valence-corrected chi connectivity index (χ0v) is 11.1. The third kappa shape index (κ3) is 6.78. The van der Waals surface area contributed by atoms with Gasteiger partial charge in [-0.15, -0.1) is 0 Å². The standard InChI is InChI=1S/C9H21NO5Si/c1-4-14-16(12,15-5-2)8-6-7-10-9(11)13-3/h12H,4-8H2,1-3H3,(H,10,11). The minimum Gasteiger partial charge on any atom is -0.453 e. The second-order valence-electron chi connectivity index (χ2n) is 3.10. The van der Waals surface area contributed by atoms with Gasteiger partial charge in [0.15, 0.2) is 0 Å². The van der Waals surface area contributed by atoms with Crippen molar-refractivity contribution in [2.75, 3.05) is 26.9 Å². The molecule has 0 radical (unpaired) electrons. The number of nitrogens with one attached hydrogen (secondary N) is 1. The molecule has 0 aliphatic heterocycles. The molecule has 16 heavy (non-hydrogen) atoms. The first kappa shape index (κ1) is 15.4. The van der Waals surface area contributed by atoms with Crippen LogP contribution in [-0.4, -0.2) is 46.6 Å². The smallest absolute Gasteiger partial charge is 0.453 e. The summed E-state index contributed by atoms with van der Waals surface area (Å²) in [6.07, 6.45) is 0.121. The van der Waals surface area contributed by atoms with Crippen molar-refractivity contribution in [3.8, 4) is 0 Å². The van der Waals surface area contributed by atoms with E-state index >= 15 is 0 Å². The molecular formula is C9H21NO5Si. The third-order valence-corrected chi connectivity index (χ3v) is 4.33. The van der Waals surface area contributed by atoms with E-state index in [1.807, 2.05) is 13.8 Å². The van der Waals surface area contributed by atoms with E-state index in [1.54, 1.807) is 0 Å². The number of carbonyl (C=O) groups excluding carboxylic acids is 1. The highest BCUT2D eigenvalue weighted by molar-refractivity contribution is 6.59. The summed E-state index contributed by atoms with van der Waals surface area (Å²) in [5.74, 6) is 0. The Kier molecular flexibility index (Phi) is 8.17. The van der Waals surface area contributed by atoms with E-state index in [1.165, 1.54) is 7.11 Å². The molecule has 0 fully saturated rings. The van der Waals surface area contributed by atoms with Crippen LogP contribution in [-0.2, 0) is 13.6 Å². The fourth-order valence-electron chi connectivity index (χ4n) is 1.21. The van der Waals surface area contributed by atoms with Crippen molar-refractivity contribution in [2.45, 2.75) is 26.3 Å². The van der Waals surface area contributed by atoms with Crippen molar-refractivity contribution >= 4 is 14.9 Å². The van der Waals surface area contributed by atoms with E-state index in [4.69, 9.17) is 8.85 Å². The second-order valence-corrected chi connectivity index (χ2v) is 5.60. The number of methoxy groups -OCH3 is 1. The predicted octanol–water partition coefficient (Wildman–Crippen LogP) is 0.737. The van der Waals surface area contributed by atoms with Crippen LogP contribution in [0.4, 0.5) is 4.79 Å². The van der Waals surface area contributed by atoms with Gasteiger partial charge in [-0.3, -0.25) is 0 Å². The van der Waals surface area contributed by atoms with Gasteiger partial charge in [-0.25, -0.2) is 4.79 Å². The van der Waals surface area contributed by atoms with Crippen LogP contribution in [0.2, 0.25) is 6.04 Å². The van der Waals surface area contributed by atoms with Crippen LogP contribution < -0.4 is 5.32 Å². The van der Waals surface area contributed by atoms with Crippen molar-refractivity contribution in [3.05, 3.63) is 0 Å². The van der Waals surface area contributed by atoms with Gasteiger partial charge < -0.3 is 23.7 Å². The molecule has 0 unspecified atom stereocenters. The van der Waals surface area contributed by atoms with Crippen LogP contribution in [0, 0.1) is 0 Å². The van der Waals surface area contributed by atoms with Crippen LogP contribution in [0.1, 0.15) is 20.3 Å². The zero-order valence-electron chi connectivity index (χ0n) is 10.1. The quantitative estimate of drug-likeness (QED) is 0.491. The Morgan fingerprint density at radius 3 is 2.31 bits per heavy atom. The van der Waals surface area contributed by atoms with Crippen LogP contribution >= 0.6 is 0 Å². The van der Waals surface area contributed by atoms with Gasteiger partial charge in [-0.05, 0) is 20.3 Å². The van der Waals surface area contributed by atoms with Gasteiger partial charge in [0.2, 0.25) is 0 Å². The lowest BCUT2D eigenvalue weighted by Gasteiger charge is -2.22. The molecule has 0 heterocycles. The van der Waals surface area contributed by atoms with Crippen LogP contribution in [0.5, 0.6) is 0 Å². The summed E-state index contributed by atoms with van der Waals surface area (Å²) in [6.45, 7) is 4.90. The number of amides is 1. The minimum atomic E-state index is -3.02. The van der Waals surface area contributed by atoms with Crippen molar-refractivity contribution in [2.24, 2.45) is 0 Å². The Balaban J connectivity index is 3.79. The average molecular weight is 251 g/mol. The number of ether oxygens (including phenoxy) is 1. The van der Waals surface area contributed by atoms with E-state index in [-0.39, 0.29) is 0 Å². The maximum atomic E-state index is 10.7. The van der Waals surface area contributed by atoms with E-state index in [0.29, 0.717) is 32.2 Å². The summed E-state index contributed by atoms with van der Waals surface area (Å²) in [4.78, 5) is 20.7. The Morgan fingerprint density at radius 1 is 1.31 bits per heavy atom. The first-order valence-electron chi connectivity index (χ1n) is 5.40. The Morgan fingerprint density at radius 2 is 1.88 bits per heavy atom. The van der Waals surface area contributed by atoms with Gasteiger partial charge in [0.1, 0.15) is 0 Å². The van der Waals surface area contributed by atoms with E-state index in [0.717, 1.165) is 0 Å². The highest BCUT2D eigenvalue weighted by atomic mass is 28.4. The van der Waals surface area contributed by atoms with Gasteiger partial charge in [-0.2, -0.15) is 0 Å². The Bertz CT molecular complexity index is 196. The second kappa shape index (κ2) is 8.51. The number of hydrogen-bond acceptors (Lipinski definition) is 5. The molecule has 0 aromatic carbocycles. The lowest BCUT2D eigenvalue weighted by molar-refractivity contribution is 0.107. The largest absolute Gasteiger partial charge is 0.498 e. The lowest BCUT2D eigenvalue weighted by Crippen LogP contribution is -2.43. The molecule has 0 spiro atoms. The SMILES string of the molecule is CCO[Si](O)(CCCNC(=O)OC)OCC. The topological polar surface area (TPSA) is 77.0 Å². The van der Waals surface area contributed by atoms with Crippen molar-refractivity contribution in [1.82, 2.24) is 5.32 Å². The molecule has 0 atom stereocenters. The molecule has 7 heteroatoms. The molecule has 0 bridgehead atoms. The van der Waals surface area contributed by atoms with Gasteiger partial charge in [0.25, 0.3) is 0 Å². The maximum Gasteiger partial charge on any atom is 0.498 e. The Hall–Kier alpha value is -0.633. The molecule has 0 saturated heterocycles. The molecule has 0 aromatic rings. The molecule has 0 aliphatic carbocycles. The van der Waals surface area contributed by atoms with E-state index < -0.39 is 14.9 Å². The number of rotatable bonds is 8. The van der Waals surface area contributed by atoms with Crippen molar-refractivity contribution in [3.63, 3.8) is 0 Å². The number of hydrogen-bond donors (Lipinski definition) is 2. The zero-order chi connectivity index (χ0) is 12.4. The summed E-state index contributed by atoms with van der Waals surface area (Å²) in [5, 5.41) is 2.53. The van der Waals surface area contributed by atoms with Crippen molar-refractivity contribution in [1.29, 1.82) is 0 Å². The summed E-state index contributed by atoms with van der Waals surface area (Å²) < 4.78 is 14.9. The van der Waals surface area contributed by atoms with Crippen molar-refractivity contribution < 1.29 is 23.2 Å². The van der Waals surface area contributed by atoms with Crippen LogP contribution in [0.25, 0.3) is 0 Å². The highest BCUT2D eigenvalue weighted by Crippen LogP contribution is 2.12. The fraction of sp³-hybridized carbons (Fsp3) is 0.889. The predicted molar refractivity (Wildman–Crippen MR) is 61.1 cm³/mol. The monoisotopic (exact) mass is 251 g/mol. The molecule has 96 valence electrons. The highest BCUT2D eigenvalue weighted by Gasteiger charge is 2.35. The molecule has 2 N–H and O–H groups in total. The van der Waals surface area contributed by atoms with E-state index in [9.17, 15) is 9.59 Å². The van der Waals surface area contributed by atoms with Gasteiger partial charge >= 0.3 is 14.9 Å². The van der Waals surface area contributed by atoms with Crippen LogP contribution in [0.15, 0.2) is 0 Å². The molecule has 0 aromatic heterocycles. The van der Waals surface area contributed by atoms with Crippen LogP contribution in [0.3, 0.4) is 0 Å². The summed E-state index contributed by atoms with van der Waals surface area (Å²) >= 11 is 0. The molecule has 0 aliphatic rings. The van der Waals surface area contributed by atoms with E-state index in [2.05, 4.69) is 10.1 Å². The van der Waals surface area contributed by atoms with Gasteiger partial charge in [-0.1, -0.05) is 0 Å². The molecule has 0 saturated carbocycles. The summed E-state index contributed by atoms with van der Waals surface area (Å²) in [5.41, 5.74) is 0. The summed E-state index contributed by atoms with van der Waals surface area (Å²) in [6, 6.07) is 0.429. The van der Waals surface area contributed by atoms with Gasteiger partial charge in [0.05, 0.1) is 7.11 Å². The first-order chi connectivity index (χ1) is 7.58. The lowest BCUT2D eigenvalue weighted by atomic mass is 10.5. The third-order valence-electron chi connectivity index (χ3n) is 1.86. The van der Waals surface area contributed by atoms with Gasteiger partial charge in [0, 0.05) is 25.8 Å². The minimum absolute atomic E-state index is 0.424.